The average Bonchev–Trinajstić information content (AvgIpc) is 3.35. The lowest BCUT2D eigenvalue weighted by atomic mass is 9.56. The molecule has 6 fully saturated rings. The van der Waals surface area contributed by atoms with Gasteiger partial charge in [0, 0.05) is 24.9 Å². The van der Waals surface area contributed by atoms with Gasteiger partial charge in [0.2, 0.25) is 23.6 Å². The first-order valence-corrected chi connectivity index (χ1v) is 24.5. The number of methoxy groups -OCH3 is 2. The largest absolute Gasteiger partial charge is 0.496 e. The molecular formula is C54H68ClN5O10. The number of carbonyl (C=O) groups is 6. The van der Waals surface area contributed by atoms with Gasteiger partial charge >= 0.3 is 11.9 Å². The number of hydrogen-bond acceptors (Lipinski definition) is 12. The Hall–Kier alpha value is -5.77. The number of esters is 2. The van der Waals surface area contributed by atoms with Crippen LogP contribution >= 0.6 is 12.4 Å². The van der Waals surface area contributed by atoms with E-state index in [1.807, 2.05) is 98.7 Å². The number of ether oxygens (including phenoxy) is 4. The van der Waals surface area contributed by atoms with Gasteiger partial charge < -0.3 is 39.4 Å². The molecule has 70 heavy (non-hydrogen) atoms. The Morgan fingerprint density at radius 3 is 1.31 bits per heavy atom. The van der Waals surface area contributed by atoms with E-state index in [4.69, 9.17) is 18.9 Å². The monoisotopic (exact) mass is 981 g/mol. The lowest BCUT2D eigenvalue weighted by Crippen LogP contribution is -2.61. The number of imide groups is 1. The van der Waals surface area contributed by atoms with E-state index in [0.717, 1.165) is 23.9 Å². The summed E-state index contributed by atoms with van der Waals surface area (Å²) in [5, 5.41) is 11.9. The molecule has 0 spiro atoms. The van der Waals surface area contributed by atoms with Crippen LogP contribution in [0.25, 0.3) is 21.5 Å². The zero-order valence-corrected chi connectivity index (χ0v) is 41.9. The van der Waals surface area contributed by atoms with Crippen molar-refractivity contribution < 1.29 is 47.7 Å². The molecule has 0 radical (unpaired) electrons. The highest BCUT2D eigenvalue weighted by atomic mass is 35.5. The molecule has 6 aliphatic rings. The smallest absolute Gasteiger partial charge is 0.342 e. The normalized spacial score (nSPS) is 25.5. The summed E-state index contributed by atoms with van der Waals surface area (Å²) >= 11 is 0. The standard InChI is InChI=1S/C54H67N5O10.ClH/c1-58(2)27-11-25-55-49(60)43-33-17-21-37(41(29-33)68-53(64)45-35-15-9-7-13-31(35)19-23-39(45)66-5)47(43)51(62)57-52(63)48-38-22-18-34(44(48)50(61)56-26-12-28-59(3)4)30-42(38)69-54(65)46-36-16-10-8-14-32(36)20-24-40(46)67-6;/h7-10,13-16,19-20,23-24,33-34,37-38,41-44,47-48H,11-12,17-18,21-22,25-30H2,1-6H3,(H,55,60)(H,56,61)(H,57,62,63);1H. The molecule has 0 saturated heterocycles. The van der Waals surface area contributed by atoms with E-state index in [0.29, 0.717) is 86.7 Å². The molecule has 3 N–H and O–H groups in total. The first-order chi connectivity index (χ1) is 33.3. The summed E-state index contributed by atoms with van der Waals surface area (Å²) in [6.45, 7) is 2.31. The number of fused-ring (bicyclic) bond motifs is 8. The van der Waals surface area contributed by atoms with Crippen LogP contribution in [0.5, 0.6) is 11.5 Å². The summed E-state index contributed by atoms with van der Waals surface area (Å²) in [4.78, 5) is 91.3. The Bertz CT molecular complexity index is 2400. The zero-order chi connectivity index (χ0) is 48.9. The summed E-state index contributed by atoms with van der Waals surface area (Å²) in [5.41, 5.74) is 0.548. The van der Waals surface area contributed by atoms with Gasteiger partial charge in [0.15, 0.2) is 0 Å². The third kappa shape index (κ3) is 10.9. The fourth-order valence-electron chi connectivity index (χ4n) is 12.1. The molecule has 4 bridgehead atoms. The fraction of sp³-hybridized carbons (Fsp3) is 0.519. The number of rotatable bonds is 18. The van der Waals surface area contributed by atoms with Gasteiger partial charge in [-0.05, 0) is 138 Å². The molecule has 15 nitrogen and oxygen atoms in total. The highest BCUT2D eigenvalue weighted by molar-refractivity contribution is 6.08. The van der Waals surface area contributed by atoms with Crippen molar-refractivity contribution in [1.29, 1.82) is 0 Å². The van der Waals surface area contributed by atoms with E-state index in [2.05, 4.69) is 16.0 Å². The molecule has 0 aliphatic heterocycles. The van der Waals surface area contributed by atoms with E-state index in [1.54, 1.807) is 12.1 Å². The SMILES string of the molecule is COc1ccc2ccccc2c1C(=O)OC1CC2CCC1C(C(=O)NC(=O)C1C3CCC(CC3OC(=O)c3c(OC)ccc4ccccc34)C1C(=O)NCCCN(C)C)C2C(=O)NCCCN(C)C.Cl. The van der Waals surface area contributed by atoms with Crippen molar-refractivity contribution in [2.24, 2.45) is 47.3 Å². The Morgan fingerprint density at radius 2 is 0.929 bits per heavy atom. The molecule has 4 aromatic rings. The maximum atomic E-state index is 15.1. The molecule has 10 atom stereocenters. The summed E-state index contributed by atoms with van der Waals surface area (Å²) in [6, 6.07) is 22.1. The van der Waals surface area contributed by atoms with Crippen molar-refractivity contribution >= 4 is 69.5 Å². The van der Waals surface area contributed by atoms with Crippen LogP contribution in [-0.2, 0) is 28.7 Å². The van der Waals surface area contributed by atoms with Gasteiger partial charge in [0.25, 0.3) is 0 Å². The highest BCUT2D eigenvalue weighted by Gasteiger charge is 2.58. The molecule has 10 unspecified atom stereocenters. The Morgan fingerprint density at radius 1 is 0.529 bits per heavy atom. The lowest BCUT2D eigenvalue weighted by Gasteiger charge is -2.51. The molecule has 6 saturated carbocycles. The maximum Gasteiger partial charge on any atom is 0.342 e. The quantitative estimate of drug-likeness (QED) is 0.0577. The van der Waals surface area contributed by atoms with Crippen LogP contribution < -0.4 is 25.4 Å². The van der Waals surface area contributed by atoms with Crippen molar-refractivity contribution in [3.05, 3.63) is 83.9 Å². The van der Waals surface area contributed by atoms with Gasteiger partial charge in [0.05, 0.1) is 37.9 Å². The Labute approximate surface area is 416 Å². The number of carbonyl (C=O) groups excluding carboxylic acids is 6. The summed E-state index contributed by atoms with van der Waals surface area (Å²) < 4.78 is 24.0. The van der Waals surface area contributed by atoms with Crippen molar-refractivity contribution in [3.8, 4) is 11.5 Å². The topological polar surface area (TPSA) is 182 Å². The summed E-state index contributed by atoms with van der Waals surface area (Å²) in [6.07, 6.45) is 2.94. The molecule has 376 valence electrons. The number of nitrogens with zero attached hydrogens (tertiary/aromatic N) is 2. The van der Waals surface area contributed by atoms with E-state index in [1.165, 1.54) is 14.2 Å². The predicted molar refractivity (Wildman–Crippen MR) is 268 cm³/mol. The molecule has 16 heteroatoms. The number of nitrogens with one attached hydrogen (secondary N) is 3. The number of halogens is 1. The minimum absolute atomic E-state index is 0. The van der Waals surface area contributed by atoms with Gasteiger partial charge in [-0.2, -0.15) is 0 Å². The third-order valence-corrected chi connectivity index (χ3v) is 15.2. The number of benzene rings is 4. The van der Waals surface area contributed by atoms with Gasteiger partial charge in [0.1, 0.15) is 34.8 Å². The van der Waals surface area contributed by atoms with Crippen LogP contribution in [0.15, 0.2) is 72.8 Å². The van der Waals surface area contributed by atoms with Crippen LogP contribution in [0, 0.1) is 47.3 Å². The van der Waals surface area contributed by atoms with Gasteiger partial charge in [-0.25, -0.2) is 9.59 Å². The molecule has 0 heterocycles. The second-order valence-electron chi connectivity index (χ2n) is 19.9. The van der Waals surface area contributed by atoms with Crippen molar-refractivity contribution in [3.63, 3.8) is 0 Å². The van der Waals surface area contributed by atoms with E-state index in [-0.39, 0.29) is 47.2 Å². The van der Waals surface area contributed by atoms with Crippen LogP contribution in [0.3, 0.4) is 0 Å². The number of hydrogen-bond donors (Lipinski definition) is 3. The van der Waals surface area contributed by atoms with Gasteiger partial charge in [-0.1, -0.05) is 60.7 Å². The fourth-order valence-corrected chi connectivity index (χ4v) is 12.1. The zero-order valence-electron chi connectivity index (χ0n) is 41.1. The lowest BCUT2D eigenvalue weighted by molar-refractivity contribution is -0.162. The minimum atomic E-state index is -1.02. The third-order valence-electron chi connectivity index (χ3n) is 15.2. The molecule has 4 aromatic carbocycles. The van der Waals surface area contributed by atoms with Crippen LogP contribution in [-0.4, -0.2) is 126 Å². The van der Waals surface area contributed by atoms with E-state index < -0.39 is 71.5 Å². The Kier molecular flexibility index (Phi) is 17.1. The van der Waals surface area contributed by atoms with Gasteiger partial charge in [-0.3, -0.25) is 24.5 Å². The molecule has 10 rings (SSSR count). The van der Waals surface area contributed by atoms with Gasteiger partial charge in [-0.15, -0.1) is 12.4 Å². The minimum Gasteiger partial charge on any atom is -0.496 e. The molecule has 4 amide bonds. The average molecular weight is 983 g/mol. The molecular weight excluding hydrogens is 914 g/mol. The van der Waals surface area contributed by atoms with Crippen LogP contribution in [0.2, 0.25) is 0 Å². The second kappa shape index (κ2) is 23.0. The first-order valence-electron chi connectivity index (χ1n) is 24.5. The number of amides is 4. The van der Waals surface area contributed by atoms with Crippen molar-refractivity contribution in [2.75, 3.05) is 68.6 Å². The Balaban J connectivity index is 0.00000722. The highest BCUT2D eigenvalue weighted by Crippen LogP contribution is 2.53. The van der Waals surface area contributed by atoms with E-state index in [9.17, 15) is 19.2 Å². The summed E-state index contributed by atoms with van der Waals surface area (Å²) in [5.74, 6) is -7.77. The van der Waals surface area contributed by atoms with E-state index >= 15 is 9.59 Å². The van der Waals surface area contributed by atoms with Crippen LogP contribution in [0.1, 0.15) is 72.1 Å². The second-order valence-corrected chi connectivity index (χ2v) is 19.9. The maximum absolute atomic E-state index is 15.1. The molecule has 0 aromatic heterocycles. The predicted octanol–water partition coefficient (Wildman–Crippen LogP) is 6.29. The van der Waals surface area contributed by atoms with Crippen molar-refractivity contribution in [1.82, 2.24) is 25.8 Å². The summed E-state index contributed by atoms with van der Waals surface area (Å²) in [7, 11) is 10.8. The van der Waals surface area contributed by atoms with Crippen LogP contribution in [0.4, 0.5) is 0 Å². The first kappa shape index (κ1) is 52.1. The molecule has 6 aliphatic carbocycles. The van der Waals surface area contributed by atoms with Crippen molar-refractivity contribution in [2.45, 2.75) is 63.6 Å².